The normalized spacial score (nSPS) is 9.93. The largest absolute Gasteiger partial charge is 0.309 e. The summed E-state index contributed by atoms with van der Waals surface area (Å²) in [5.41, 5.74) is 1.06. The third-order valence-electron chi connectivity index (χ3n) is 1.52. The molecule has 0 amide bonds. The molecular formula is C9H9Cl3N2. The highest BCUT2D eigenvalue weighted by Crippen LogP contribution is 2.06. The molecule has 14 heavy (non-hydrogen) atoms. The number of aromatic nitrogens is 1. The van der Waals surface area contributed by atoms with Crippen molar-refractivity contribution in [2.24, 2.45) is 0 Å². The van der Waals surface area contributed by atoms with Crippen LogP contribution in [0.5, 0.6) is 0 Å². The van der Waals surface area contributed by atoms with E-state index in [4.69, 9.17) is 34.8 Å². The van der Waals surface area contributed by atoms with Crippen LogP contribution in [0, 0.1) is 0 Å². The van der Waals surface area contributed by atoms with Crippen molar-refractivity contribution in [3.05, 3.63) is 39.6 Å². The fourth-order valence-corrected chi connectivity index (χ4v) is 1.14. The standard InChI is InChI=1S/C9H9Cl3N2/c10-8(11)3-4-13-5-7-1-2-9(12)14-6-7/h1-3,6,13H,4-5H2. The number of nitrogens with one attached hydrogen (secondary N) is 1. The van der Waals surface area contributed by atoms with Crippen LogP contribution in [0.2, 0.25) is 5.15 Å². The highest BCUT2D eigenvalue weighted by atomic mass is 35.5. The van der Waals surface area contributed by atoms with Crippen LogP contribution in [-0.4, -0.2) is 11.5 Å². The Bertz CT molecular complexity index is 304. The van der Waals surface area contributed by atoms with Crippen molar-refractivity contribution in [2.75, 3.05) is 6.54 Å². The molecule has 1 heterocycles. The second-order valence-corrected chi connectivity index (χ2v) is 4.01. The molecule has 1 rings (SSSR count). The van der Waals surface area contributed by atoms with Gasteiger partial charge in [0.1, 0.15) is 9.64 Å². The molecule has 0 aliphatic rings. The van der Waals surface area contributed by atoms with E-state index in [1.807, 2.05) is 6.07 Å². The number of halogens is 3. The Labute approximate surface area is 97.9 Å². The molecule has 0 spiro atoms. The summed E-state index contributed by atoms with van der Waals surface area (Å²) in [7, 11) is 0. The van der Waals surface area contributed by atoms with E-state index in [0.29, 0.717) is 18.2 Å². The van der Waals surface area contributed by atoms with E-state index in [1.54, 1.807) is 18.3 Å². The van der Waals surface area contributed by atoms with Crippen molar-refractivity contribution in [3.63, 3.8) is 0 Å². The topological polar surface area (TPSA) is 24.9 Å². The van der Waals surface area contributed by atoms with E-state index in [0.717, 1.165) is 5.56 Å². The van der Waals surface area contributed by atoms with Gasteiger partial charge in [-0.1, -0.05) is 40.9 Å². The minimum atomic E-state index is 0.270. The molecule has 5 heteroatoms. The van der Waals surface area contributed by atoms with Crippen molar-refractivity contribution in [1.29, 1.82) is 0 Å². The summed E-state index contributed by atoms with van der Waals surface area (Å²) in [4.78, 5) is 3.95. The number of pyridine rings is 1. The van der Waals surface area contributed by atoms with Crippen molar-refractivity contribution < 1.29 is 0 Å². The molecule has 0 atom stereocenters. The van der Waals surface area contributed by atoms with Gasteiger partial charge in [0.2, 0.25) is 0 Å². The molecule has 0 saturated heterocycles. The van der Waals surface area contributed by atoms with Gasteiger partial charge >= 0.3 is 0 Å². The number of hydrogen-bond acceptors (Lipinski definition) is 2. The van der Waals surface area contributed by atoms with Crippen molar-refractivity contribution in [1.82, 2.24) is 10.3 Å². The molecule has 0 fully saturated rings. The Morgan fingerprint density at radius 1 is 1.43 bits per heavy atom. The van der Waals surface area contributed by atoms with Crippen molar-refractivity contribution in [3.8, 4) is 0 Å². The van der Waals surface area contributed by atoms with Gasteiger partial charge in [0.25, 0.3) is 0 Å². The Balaban J connectivity index is 2.32. The average molecular weight is 252 g/mol. The van der Waals surface area contributed by atoms with Gasteiger partial charge in [-0.3, -0.25) is 0 Å². The van der Waals surface area contributed by atoms with Crippen molar-refractivity contribution in [2.45, 2.75) is 6.54 Å². The van der Waals surface area contributed by atoms with E-state index in [9.17, 15) is 0 Å². The second kappa shape index (κ2) is 6.25. The lowest BCUT2D eigenvalue weighted by Gasteiger charge is -2.01. The molecule has 0 saturated carbocycles. The van der Waals surface area contributed by atoms with Crippen LogP contribution >= 0.6 is 34.8 Å². The second-order valence-electron chi connectivity index (χ2n) is 2.61. The lowest BCUT2D eigenvalue weighted by Crippen LogP contribution is -2.12. The minimum Gasteiger partial charge on any atom is -0.309 e. The first-order chi connectivity index (χ1) is 6.68. The van der Waals surface area contributed by atoms with E-state index < -0.39 is 0 Å². The summed E-state index contributed by atoms with van der Waals surface area (Å²) in [6.45, 7) is 1.34. The fourth-order valence-electron chi connectivity index (χ4n) is 0.877. The highest BCUT2D eigenvalue weighted by molar-refractivity contribution is 6.55. The van der Waals surface area contributed by atoms with Crippen LogP contribution in [0.4, 0.5) is 0 Å². The van der Waals surface area contributed by atoms with Gasteiger partial charge in [-0.15, -0.1) is 0 Å². The quantitative estimate of drug-likeness (QED) is 0.657. The minimum absolute atomic E-state index is 0.270. The lowest BCUT2D eigenvalue weighted by molar-refractivity contribution is 0.757. The molecule has 0 aromatic carbocycles. The van der Waals surface area contributed by atoms with Gasteiger partial charge in [-0.2, -0.15) is 0 Å². The predicted octanol–water partition coefficient (Wildman–Crippen LogP) is 3.14. The van der Waals surface area contributed by atoms with Crippen LogP contribution in [-0.2, 0) is 6.54 Å². The third-order valence-corrected chi connectivity index (χ3v) is 2.05. The molecule has 1 N–H and O–H groups in total. The number of nitrogens with zero attached hydrogens (tertiary/aromatic N) is 1. The Morgan fingerprint density at radius 3 is 2.79 bits per heavy atom. The Kier molecular flexibility index (Phi) is 5.26. The molecule has 76 valence electrons. The Hall–Kier alpha value is -0.280. The molecule has 0 unspecified atom stereocenters. The highest BCUT2D eigenvalue weighted by Gasteiger charge is 1.92. The van der Waals surface area contributed by atoms with Crippen LogP contribution in [0.3, 0.4) is 0 Å². The molecular weight excluding hydrogens is 242 g/mol. The fraction of sp³-hybridized carbons (Fsp3) is 0.222. The Morgan fingerprint density at radius 2 is 2.21 bits per heavy atom. The van der Waals surface area contributed by atoms with Crippen molar-refractivity contribution >= 4 is 34.8 Å². The van der Waals surface area contributed by atoms with Gasteiger partial charge < -0.3 is 5.32 Å². The number of hydrogen-bond donors (Lipinski definition) is 1. The molecule has 0 aliphatic carbocycles. The van der Waals surface area contributed by atoms with Crippen LogP contribution < -0.4 is 5.32 Å². The molecule has 1 aromatic heterocycles. The zero-order chi connectivity index (χ0) is 10.4. The summed E-state index contributed by atoms with van der Waals surface area (Å²) < 4.78 is 0.270. The molecule has 0 aliphatic heterocycles. The maximum absolute atomic E-state index is 5.64. The first-order valence-electron chi connectivity index (χ1n) is 4.01. The summed E-state index contributed by atoms with van der Waals surface area (Å²) in [6, 6.07) is 3.66. The van der Waals surface area contributed by atoms with Gasteiger partial charge in [-0.05, 0) is 17.7 Å². The van der Waals surface area contributed by atoms with E-state index >= 15 is 0 Å². The van der Waals surface area contributed by atoms with Crippen LogP contribution in [0.15, 0.2) is 28.9 Å². The van der Waals surface area contributed by atoms with Gasteiger partial charge in [0.15, 0.2) is 0 Å². The molecule has 2 nitrogen and oxygen atoms in total. The SMILES string of the molecule is ClC(Cl)=CCNCc1ccc(Cl)nc1. The van der Waals surface area contributed by atoms with Gasteiger partial charge in [-0.25, -0.2) is 4.98 Å². The first kappa shape index (κ1) is 11.8. The summed E-state index contributed by atoms with van der Waals surface area (Å²) >= 11 is 16.5. The van der Waals surface area contributed by atoms with Gasteiger partial charge in [0.05, 0.1) is 0 Å². The van der Waals surface area contributed by atoms with E-state index in [1.165, 1.54) is 0 Å². The molecule has 1 aromatic rings. The predicted molar refractivity (Wildman–Crippen MR) is 60.7 cm³/mol. The smallest absolute Gasteiger partial charge is 0.129 e. The van der Waals surface area contributed by atoms with E-state index in [-0.39, 0.29) is 4.49 Å². The maximum atomic E-state index is 5.64. The van der Waals surface area contributed by atoms with Gasteiger partial charge in [0, 0.05) is 19.3 Å². The summed E-state index contributed by atoms with van der Waals surface area (Å²) in [6.07, 6.45) is 3.41. The lowest BCUT2D eigenvalue weighted by atomic mass is 10.3. The summed E-state index contributed by atoms with van der Waals surface area (Å²) in [5, 5.41) is 3.62. The molecule has 0 radical (unpaired) electrons. The van der Waals surface area contributed by atoms with Crippen LogP contribution in [0.1, 0.15) is 5.56 Å². The maximum Gasteiger partial charge on any atom is 0.129 e. The monoisotopic (exact) mass is 250 g/mol. The van der Waals surface area contributed by atoms with Crippen LogP contribution in [0.25, 0.3) is 0 Å². The zero-order valence-electron chi connectivity index (χ0n) is 7.30. The number of rotatable bonds is 4. The van der Waals surface area contributed by atoms with E-state index in [2.05, 4.69) is 10.3 Å². The zero-order valence-corrected chi connectivity index (χ0v) is 9.57. The third kappa shape index (κ3) is 4.82. The molecule has 0 bridgehead atoms. The summed E-state index contributed by atoms with van der Waals surface area (Å²) in [5.74, 6) is 0. The average Bonchev–Trinajstić information content (AvgIpc) is 2.15. The first-order valence-corrected chi connectivity index (χ1v) is 5.14.